The molecule has 0 unspecified atom stereocenters. The highest BCUT2D eigenvalue weighted by molar-refractivity contribution is 5.96. The van der Waals surface area contributed by atoms with E-state index in [1.807, 2.05) is 50.2 Å². The molecule has 0 spiro atoms. The number of nitrogens with zero attached hydrogens (tertiary/aromatic N) is 3. The number of carbonyl (C=O) groups is 4. The molecule has 85 heavy (non-hydrogen) atoms. The molecule has 444 valence electrons. The molecule has 0 saturated carbocycles. The van der Waals surface area contributed by atoms with Gasteiger partial charge in [-0.2, -0.15) is 26.3 Å². The third-order valence-corrected chi connectivity index (χ3v) is 14.8. The van der Waals surface area contributed by atoms with Crippen LogP contribution in [0, 0.1) is 13.8 Å². The number of hydrogen-bond donors (Lipinski definition) is 6. The summed E-state index contributed by atoms with van der Waals surface area (Å²) in [5, 5.41) is 32.6. The lowest BCUT2D eigenvalue weighted by Crippen LogP contribution is -2.54. The van der Waals surface area contributed by atoms with Gasteiger partial charge in [0.05, 0.1) is 5.56 Å². The van der Waals surface area contributed by atoms with Gasteiger partial charge < -0.3 is 45.8 Å². The number of halogens is 6. The van der Waals surface area contributed by atoms with Crippen LogP contribution in [0.3, 0.4) is 0 Å². The Labute approximate surface area is 484 Å². The van der Waals surface area contributed by atoms with Crippen molar-refractivity contribution in [2.24, 2.45) is 0 Å². The number of hydrogen-bond acceptors (Lipinski definition) is 13. The number of nitrogens with two attached hydrogens (primary N) is 2. The fourth-order valence-electron chi connectivity index (χ4n) is 9.69. The van der Waals surface area contributed by atoms with Gasteiger partial charge in [0.25, 0.3) is 5.91 Å². The normalized spacial score (nSPS) is 15.1. The number of benzene rings is 4. The number of rotatable bonds is 14. The van der Waals surface area contributed by atoms with E-state index >= 15 is 0 Å². The van der Waals surface area contributed by atoms with Crippen LogP contribution in [0.4, 0.5) is 38.0 Å². The predicted molar refractivity (Wildman–Crippen MR) is 311 cm³/mol. The van der Waals surface area contributed by atoms with Crippen LogP contribution in [0.15, 0.2) is 143 Å². The first-order valence-electron chi connectivity index (χ1n) is 27.2. The van der Waals surface area contributed by atoms with Crippen molar-refractivity contribution in [3.05, 3.63) is 179 Å². The van der Waals surface area contributed by atoms with Crippen molar-refractivity contribution in [3.63, 3.8) is 0 Å². The summed E-state index contributed by atoms with van der Waals surface area (Å²) in [7, 11) is 0. The molecule has 4 aromatic heterocycles. The highest BCUT2D eigenvalue weighted by Crippen LogP contribution is 2.40. The second-order valence-corrected chi connectivity index (χ2v) is 21.0. The number of carboxylic acids is 1. The van der Waals surface area contributed by atoms with Crippen molar-refractivity contribution < 1.29 is 69.7 Å². The first-order valence-corrected chi connectivity index (χ1v) is 27.2. The summed E-state index contributed by atoms with van der Waals surface area (Å²) >= 11 is 0. The highest BCUT2D eigenvalue weighted by Gasteiger charge is 2.55. The van der Waals surface area contributed by atoms with Crippen molar-refractivity contribution in [1.82, 2.24) is 20.2 Å². The molecule has 0 aliphatic carbocycles. The molecule has 0 radical (unpaired) electrons. The lowest BCUT2D eigenvalue weighted by atomic mass is 9.90. The van der Waals surface area contributed by atoms with Gasteiger partial charge >= 0.3 is 18.3 Å². The number of anilines is 2. The van der Waals surface area contributed by atoms with E-state index in [4.69, 9.17) is 30.5 Å². The number of piperidine rings is 2. The summed E-state index contributed by atoms with van der Waals surface area (Å²) in [5.41, 5.74) is 15.3. The smallest absolute Gasteiger partial charge is 0.417 e. The molecule has 2 saturated heterocycles. The van der Waals surface area contributed by atoms with Gasteiger partial charge in [-0.25, -0.2) is 14.8 Å². The van der Waals surface area contributed by atoms with Crippen LogP contribution in [0.5, 0.6) is 0 Å². The van der Waals surface area contributed by atoms with Crippen LogP contribution >= 0.6 is 0 Å². The van der Waals surface area contributed by atoms with E-state index in [-0.39, 0.29) is 68.5 Å². The molecule has 8 N–H and O–H groups in total. The average molecular weight is 1170 g/mol. The summed E-state index contributed by atoms with van der Waals surface area (Å²) in [5.74, 6) is 0.936. The first-order chi connectivity index (χ1) is 40.3. The van der Waals surface area contributed by atoms with E-state index in [0.717, 1.165) is 72.2 Å². The number of aliphatic hydroxyl groups is 2. The molecule has 0 atom stereocenters. The second kappa shape index (κ2) is 26.3. The largest absolute Gasteiger partial charge is 0.478 e. The third kappa shape index (κ3) is 15.8. The van der Waals surface area contributed by atoms with Crippen LogP contribution in [0.1, 0.15) is 93.0 Å². The molecule has 4 aromatic carbocycles. The molecule has 0 bridgehead atoms. The average Bonchev–Trinajstić information content (AvgIpc) is 3.63. The molecule has 2 aliphatic rings. The number of aromatic nitrogens is 2. The number of alkyl halides is 6. The van der Waals surface area contributed by atoms with Gasteiger partial charge in [0.15, 0.2) is 22.8 Å². The zero-order chi connectivity index (χ0) is 61.3. The van der Waals surface area contributed by atoms with Gasteiger partial charge in [-0.15, -0.1) is 0 Å². The van der Waals surface area contributed by atoms with Crippen molar-refractivity contribution in [2.75, 3.05) is 37.6 Å². The van der Waals surface area contributed by atoms with E-state index in [9.17, 15) is 50.6 Å². The maximum absolute atomic E-state index is 13.1. The van der Waals surface area contributed by atoms with E-state index in [1.54, 1.807) is 103 Å². The minimum atomic E-state index is -4.72. The van der Waals surface area contributed by atoms with Crippen LogP contribution in [-0.2, 0) is 22.4 Å². The van der Waals surface area contributed by atoms with E-state index in [1.165, 1.54) is 11.0 Å². The summed E-state index contributed by atoms with van der Waals surface area (Å²) in [6.07, 6.45) is 0.495. The van der Waals surface area contributed by atoms with E-state index in [0.29, 0.717) is 42.2 Å². The fraction of sp³-hybridized carbons (Fsp3) is 0.281. The Kier molecular flexibility index (Phi) is 19.3. The Morgan fingerprint density at radius 3 is 1.38 bits per heavy atom. The quantitative estimate of drug-likeness (QED) is 0.0438. The summed E-state index contributed by atoms with van der Waals surface area (Å²) in [4.78, 5) is 57.9. The number of allylic oxidation sites excluding steroid dienone is 2. The van der Waals surface area contributed by atoms with Gasteiger partial charge in [0, 0.05) is 80.3 Å². The fourth-order valence-corrected chi connectivity index (χ4v) is 9.69. The number of likely N-dealkylation sites (tertiary alicyclic amines) is 1. The van der Waals surface area contributed by atoms with Crippen LogP contribution < -0.4 is 16.8 Å². The van der Waals surface area contributed by atoms with Crippen LogP contribution in [0.2, 0.25) is 0 Å². The maximum atomic E-state index is 13.1. The topological polar surface area (TPSA) is 248 Å². The number of aryl methyl sites for hydroxylation is 4. The zero-order valence-corrected chi connectivity index (χ0v) is 46.4. The van der Waals surface area contributed by atoms with E-state index in [2.05, 4.69) is 15.3 Å². The summed E-state index contributed by atoms with van der Waals surface area (Å²) < 4.78 is 87.4. The molecule has 2 fully saturated rings. The Morgan fingerprint density at radius 1 is 0.588 bits per heavy atom. The molecule has 10 rings (SSSR count). The van der Waals surface area contributed by atoms with Crippen molar-refractivity contribution >= 4 is 69.2 Å². The maximum Gasteiger partial charge on any atom is 0.417 e. The number of fused-ring (bicyclic) bond motifs is 2. The number of amides is 1. The summed E-state index contributed by atoms with van der Waals surface area (Å²) in [6, 6.07) is 32.5. The molecule has 21 heteroatoms. The van der Waals surface area contributed by atoms with Crippen LogP contribution in [-0.4, -0.2) is 103 Å². The number of furan rings is 2. The molecule has 15 nitrogen and oxygen atoms in total. The Bertz CT molecular complexity index is 3730. The van der Waals surface area contributed by atoms with Gasteiger partial charge in [-0.05, 0) is 194 Å². The summed E-state index contributed by atoms with van der Waals surface area (Å²) in [6.45, 7) is 4.03. The monoisotopic (exact) mass is 1170 g/mol. The Balaban J connectivity index is 0.000000192. The van der Waals surface area contributed by atoms with Gasteiger partial charge in [-0.1, -0.05) is 24.3 Å². The number of carboxylic acid groups (broad SMARTS) is 1. The number of pyridine rings is 2. The van der Waals surface area contributed by atoms with Crippen molar-refractivity contribution in [2.45, 2.75) is 88.8 Å². The number of ketones is 2. The standard InChI is InChI=1S/C32H30F3N3O4.C26H22N2O4.C6H10F3NO/c1-20-16-24(22-4-6-23(7-5-22)30(40)38-14-12-31(41,13-15-38)32(33,34)35)17-25-18-27(42-29(20)25)10-9-26(39)8-2-21-3-11-28(36)37-19-21;1-16-12-20(18-4-6-19(7-5-18)26(30)31)13-21-14-23(32-25(16)21)10-9-22(29)8-2-17-3-11-24(27)28-15-17;7-6(8,9)5(11)1-3-10-4-2-5/h2-8,11,16-19,41H,9-10,12-15H2,1H3,(H2,36,37);2-8,11-15H,9-10H2,1H3,(H2,27,28)(H,30,31);10-11H,1-4H2/b2*8-2+;. The molecular weight excluding hydrogens is 1110 g/mol. The number of nitrogen functional groups attached to an aromatic ring is 2. The van der Waals surface area contributed by atoms with Gasteiger partial charge in [0.1, 0.15) is 34.3 Å². The number of nitrogens with one attached hydrogen (secondary N) is 1. The molecule has 1 amide bonds. The Morgan fingerprint density at radius 2 is 1.00 bits per heavy atom. The lowest BCUT2D eigenvalue weighted by molar-refractivity contribution is -0.271. The minimum Gasteiger partial charge on any atom is -0.478 e. The molecule has 6 heterocycles. The number of carbonyl (C=O) groups excluding carboxylic acids is 3. The van der Waals surface area contributed by atoms with Crippen LogP contribution in [0.25, 0.3) is 56.3 Å². The SMILES string of the molecule is Cc1cc(-c2ccc(C(=O)N3CCC(O)(C(F)(F)F)CC3)cc2)cc2cc(CCC(=O)/C=C/c3ccc(N)nc3)oc12.Cc1cc(-c2ccc(C(=O)O)cc2)cc2cc(CCC(=O)/C=C/c3ccc(N)nc3)oc12.OC1(C(F)(F)F)CCNCC1. The predicted octanol–water partition coefficient (Wildman–Crippen LogP) is 12.1. The van der Waals surface area contributed by atoms with Crippen molar-refractivity contribution in [3.8, 4) is 22.3 Å². The molecule has 8 aromatic rings. The number of aromatic carboxylic acids is 1. The van der Waals surface area contributed by atoms with Gasteiger partial charge in [0.2, 0.25) is 0 Å². The third-order valence-electron chi connectivity index (χ3n) is 14.8. The Hall–Kier alpha value is -8.92. The lowest BCUT2D eigenvalue weighted by Gasteiger charge is -2.39. The van der Waals surface area contributed by atoms with Gasteiger partial charge in [-0.3, -0.25) is 14.4 Å². The first kappa shape index (κ1) is 62.1. The molecular formula is C64H62F6N6O9. The highest BCUT2D eigenvalue weighted by atomic mass is 19.4. The zero-order valence-electron chi connectivity index (χ0n) is 46.4. The molecule has 2 aliphatic heterocycles. The van der Waals surface area contributed by atoms with E-state index < -0.39 is 42.4 Å². The minimum absolute atomic E-state index is 0.00166. The van der Waals surface area contributed by atoms with Crippen molar-refractivity contribution in [1.29, 1.82) is 0 Å². The second-order valence-electron chi connectivity index (χ2n) is 21.0.